The average molecular weight is 202 g/mol. The van der Waals surface area contributed by atoms with Crippen LogP contribution in [0.4, 0.5) is 0 Å². The van der Waals surface area contributed by atoms with Gasteiger partial charge in [0.25, 0.3) is 0 Å². The first-order valence-electron chi connectivity index (χ1n) is 5.19. The van der Waals surface area contributed by atoms with Crippen molar-refractivity contribution < 1.29 is 9.53 Å². The van der Waals surface area contributed by atoms with Crippen LogP contribution in [-0.2, 0) is 16.0 Å². The molecule has 78 valence electrons. The van der Waals surface area contributed by atoms with Gasteiger partial charge >= 0.3 is 5.97 Å². The van der Waals surface area contributed by atoms with E-state index < -0.39 is 0 Å². The third-order valence-corrected chi connectivity index (χ3v) is 2.63. The molecule has 2 rings (SSSR count). The van der Waals surface area contributed by atoms with Gasteiger partial charge in [0.05, 0.1) is 0 Å². The summed E-state index contributed by atoms with van der Waals surface area (Å²) >= 11 is 0. The zero-order valence-electron chi connectivity index (χ0n) is 8.61. The van der Waals surface area contributed by atoms with Gasteiger partial charge in [0.2, 0.25) is 0 Å². The van der Waals surface area contributed by atoms with E-state index in [1.807, 2.05) is 18.2 Å². The lowest BCUT2D eigenvalue weighted by Gasteiger charge is -2.29. The van der Waals surface area contributed by atoms with Crippen LogP contribution in [0.3, 0.4) is 0 Å². The number of ether oxygens (including phenoxy) is 1. The summed E-state index contributed by atoms with van der Waals surface area (Å²) in [6, 6.07) is 8.07. The highest BCUT2D eigenvalue weighted by molar-refractivity contribution is 5.70. The third-order valence-electron chi connectivity index (χ3n) is 2.63. The molecule has 0 amide bonds. The minimum atomic E-state index is -0.130. The number of rotatable bonds is 4. The topological polar surface area (TPSA) is 26.3 Å². The number of fused-ring (bicyclic) bond motifs is 1. The van der Waals surface area contributed by atoms with E-state index in [-0.39, 0.29) is 12.1 Å². The number of benzene rings is 1. The molecule has 0 radical (unpaired) electrons. The highest BCUT2D eigenvalue weighted by Gasteiger charge is 2.28. The number of allylic oxidation sites excluding steroid dienone is 1. The lowest BCUT2D eigenvalue weighted by Crippen LogP contribution is -2.22. The molecule has 0 fully saturated rings. The molecule has 0 saturated heterocycles. The Labute approximate surface area is 89.6 Å². The summed E-state index contributed by atoms with van der Waals surface area (Å²) in [6.07, 6.45) is 3.69. The second kappa shape index (κ2) is 4.30. The van der Waals surface area contributed by atoms with Crippen molar-refractivity contribution in [3.05, 3.63) is 48.0 Å². The Balaban J connectivity index is 1.89. The highest BCUT2D eigenvalue weighted by Crippen LogP contribution is 2.35. The first-order valence-corrected chi connectivity index (χ1v) is 5.19. The van der Waals surface area contributed by atoms with Crippen LogP contribution in [0.1, 0.15) is 30.1 Å². The molecular weight excluding hydrogens is 188 g/mol. The van der Waals surface area contributed by atoms with Crippen LogP contribution >= 0.6 is 0 Å². The molecule has 1 aromatic rings. The van der Waals surface area contributed by atoms with Gasteiger partial charge in [-0.1, -0.05) is 30.3 Å². The monoisotopic (exact) mass is 202 g/mol. The van der Waals surface area contributed by atoms with E-state index in [1.54, 1.807) is 6.08 Å². The molecule has 1 aliphatic carbocycles. The molecule has 0 aromatic heterocycles. The van der Waals surface area contributed by atoms with Gasteiger partial charge in [0, 0.05) is 12.8 Å². The lowest BCUT2D eigenvalue weighted by atomic mass is 9.85. The van der Waals surface area contributed by atoms with Crippen molar-refractivity contribution in [2.45, 2.75) is 25.4 Å². The van der Waals surface area contributed by atoms with E-state index in [1.165, 1.54) is 5.56 Å². The van der Waals surface area contributed by atoms with Gasteiger partial charge in [-0.25, -0.2) is 0 Å². The molecule has 0 bridgehead atoms. The Kier molecular flexibility index (Phi) is 2.86. The molecule has 0 N–H and O–H groups in total. The Morgan fingerprint density at radius 1 is 1.53 bits per heavy atom. The minimum absolute atomic E-state index is 0.0153. The van der Waals surface area contributed by atoms with Crippen LogP contribution in [-0.4, -0.2) is 5.97 Å². The zero-order chi connectivity index (χ0) is 10.7. The number of esters is 1. The molecule has 1 aromatic carbocycles. The van der Waals surface area contributed by atoms with E-state index in [0.29, 0.717) is 12.8 Å². The Bertz CT molecular complexity index is 382. The standard InChI is InChI=1S/C13H14O2/c1-2-3-8-13(14)15-12-9-10-6-4-5-7-11(10)12/h2,4-7,12H,1,3,8-9H2. The first-order chi connectivity index (χ1) is 7.31. The van der Waals surface area contributed by atoms with E-state index >= 15 is 0 Å². The summed E-state index contributed by atoms with van der Waals surface area (Å²) in [4.78, 5) is 11.3. The number of carbonyl (C=O) groups is 1. The molecule has 0 spiro atoms. The molecule has 0 saturated carbocycles. The van der Waals surface area contributed by atoms with Gasteiger partial charge in [-0.2, -0.15) is 0 Å². The molecule has 0 aliphatic heterocycles. The van der Waals surface area contributed by atoms with Crippen molar-refractivity contribution >= 4 is 5.97 Å². The normalized spacial score (nSPS) is 17.5. The predicted molar refractivity (Wildman–Crippen MR) is 58.4 cm³/mol. The SMILES string of the molecule is C=CCCC(=O)OC1Cc2ccccc21. The van der Waals surface area contributed by atoms with E-state index in [2.05, 4.69) is 12.6 Å². The van der Waals surface area contributed by atoms with Gasteiger partial charge in [0.1, 0.15) is 6.10 Å². The Morgan fingerprint density at radius 2 is 2.33 bits per heavy atom. The molecule has 1 atom stereocenters. The van der Waals surface area contributed by atoms with E-state index in [9.17, 15) is 4.79 Å². The summed E-state index contributed by atoms with van der Waals surface area (Å²) in [5.74, 6) is -0.130. The second-order valence-electron chi connectivity index (χ2n) is 3.71. The number of hydrogen-bond donors (Lipinski definition) is 0. The largest absolute Gasteiger partial charge is 0.457 e. The fourth-order valence-corrected chi connectivity index (χ4v) is 1.76. The van der Waals surface area contributed by atoms with Crippen molar-refractivity contribution in [3.8, 4) is 0 Å². The van der Waals surface area contributed by atoms with Gasteiger partial charge < -0.3 is 4.74 Å². The van der Waals surface area contributed by atoms with Crippen molar-refractivity contribution in [1.82, 2.24) is 0 Å². The fraction of sp³-hybridized carbons (Fsp3) is 0.308. The third kappa shape index (κ3) is 2.09. The van der Waals surface area contributed by atoms with Crippen LogP contribution in [0.5, 0.6) is 0 Å². The highest BCUT2D eigenvalue weighted by atomic mass is 16.5. The maximum Gasteiger partial charge on any atom is 0.306 e. The van der Waals surface area contributed by atoms with Crippen LogP contribution < -0.4 is 0 Å². The van der Waals surface area contributed by atoms with Gasteiger partial charge in [0.15, 0.2) is 0 Å². The van der Waals surface area contributed by atoms with Crippen LogP contribution in [0.2, 0.25) is 0 Å². The minimum Gasteiger partial charge on any atom is -0.457 e. The summed E-state index contributed by atoms with van der Waals surface area (Å²) in [5.41, 5.74) is 2.45. The number of hydrogen-bond acceptors (Lipinski definition) is 2. The first kappa shape index (κ1) is 9.97. The van der Waals surface area contributed by atoms with Crippen molar-refractivity contribution in [2.75, 3.05) is 0 Å². The average Bonchev–Trinajstić information content (AvgIpc) is 2.23. The van der Waals surface area contributed by atoms with Crippen molar-refractivity contribution in [1.29, 1.82) is 0 Å². The summed E-state index contributed by atoms with van der Waals surface area (Å²) < 4.78 is 5.33. The van der Waals surface area contributed by atoms with Gasteiger partial charge in [-0.3, -0.25) is 4.79 Å². The molecule has 0 heterocycles. The van der Waals surface area contributed by atoms with Crippen molar-refractivity contribution in [3.63, 3.8) is 0 Å². The summed E-state index contributed by atoms with van der Waals surface area (Å²) in [7, 11) is 0. The molecule has 1 aliphatic rings. The summed E-state index contributed by atoms with van der Waals surface area (Å²) in [6.45, 7) is 3.57. The molecular formula is C13H14O2. The number of carbonyl (C=O) groups excluding carboxylic acids is 1. The Hall–Kier alpha value is -1.57. The Morgan fingerprint density at radius 3 is 3.07 bits per heavy atom. The lowest BCUT2D eigenvalue weighted by molar-refractivity contribution is -0.150. The molecule has 1 unspecified atom stereocenters. The maximum absolute atomic E-state index is 11.3. The smallest absolute Gasteiger partial charge is 0.306 e. The maximum atomic E-state index is 11.3. The van der Waals surface area contributed by atoms with Crippen LogP contribution in [0.25, 0.3) is 0 Å². The molecule has 2 nitrogen and oxygen atoms in total. The quantitative estimate of drug-likeness (QED) is 0.554. The zero-order valence-corrected chi connectivity index (χ0v) is 8.61. The fourth-order valence-electron chi connectivity index (χ4n) is 1.76. The van der Waals surface area contributed by atoms with E-state index in [0.717, 1.165) is 12.0 Å². The molecule has 2 heteroatoms. The van der Waals surface area contributed by atoms with E-state index in [4.69, 9.17) is 4.74 Å². The van der Waals surface area contributed by atoms with Gasteiger partial charge in [-0.05, 0) is 17.5 Å². The van der Waals surface area contributed by atoms with Crippen LogP contribution in [0, 0.1) is 0 Å². The van der Waals surface area contributed by atoms with Gasteiger partial charge in [-0.15, -0.1) is 6.58 Å². The second-order valence-corrected chi connectivity index (χ2v) is 3.71. The van der Waals surface area contributed by atoms with Crippen LogP contribution in [0.15, 0.2) is 36.9 Å². The van der Waals surface area contributed by atoms with Crippen molar-refractivity contribution in [2.24, 2.45) is 0 Å². The summed E-state index contributed by atoms with van der Waals surface area (Å²) in [5, 5.41) is 0. The molecule has 15 heavy (non-hydrogen) atoms. The predicted octanol–water partition coefficient (Wildman–Crippen LogP) is 2.79.